The van der Waals surface area contributed by atoms with E-state index < -0.39 is 0 Å². The highest BCUT2D eigenvalue weighted by atomic mass is 35.5. The lowest BCUT2D eigenvalue weighted by atomic mass is 9.86. The minimum atomic E-state index is 0.307. The first kappa shape index (κ1) is 13.5. The minimum absolute atomic E-state index is 0.307. The fraction of sp³-hybridized carbons (Fsp3) is 0.571. The molecule has 1 aromatic rings. The Hall–Kier alpha value is -0.930. The predicted molar refractivity (Wildman–Crippen MR) is 73.9 cm³/mol. The fourth-order valence-corrected chi connectivity index (χ4v) is 3.02. The standard InChI is InChI=1S/C14H20ClNO2/c1-4-16-11-7-5-6-9-10(15)8-12(17-2)14(18-3)13(9)11/h8,11,16H,4-7H2,1-3H3. The third kappa shape index (κ3) is 2.29. The molecule has 0 radical (unpaired) electrons. The number of nitrogens with one attached hydrogen (secondary N) is 1. The van der Waals surface area contributed by atoms with Gasteiger partial charge in [0.2, 0.25) is 0 Å². The summed E-state index contributed by atoms with van der Waals surface area (Å²) in [6, 6.07) is 2.16. The van der Waals surface area contributed by atoms with Gasteiger partial charge in [-0.05, 0) is 31.4 Å². The van der Waals surface area contributed by atoms with Gasteiger partial charge in [0.05, 0.1) is 14.2 Å². The molecular formula is C14H20ClNO2. The number of methoxy groups -OCH3 is 2. The highest BCUT2D eigenvalue weighted by Gasteiger charge is 2.28. The van der Waals surface area contributed by atoms with Crippen molar-refractivity contribution in [3.63, 3.8) is 0 Å². The average molecular weight is 270 g/mol. The van der Waals surface area contributed by atoms with Gasteiger partial charge < -0.3 is 14.8 Å². The largest absolute Gasteiger partial charge is 0.493 e. The summed E-state index contributed by atoms with van der Waals surface area (Å²) >= 11 is 6.36. The molecule has 18 heavy (non-hydrogen) atoms. The van der Waals surface area contributed by atoms with Crippen molar-refractivity contribution < 1.29 is 9.47 Å². The molecule has 0 amide bonds. The van der Waals surface area contributed by atoms with Crippen LogP contribution in [0.4, 0.5) is 0 Å². The van der Waals surface area contributed by atoms with Crippen molar-refractivity contribution in [1.82, 2.24) is 5.32 Å². The molecule has 1 atom stereocenters. The first-order valence-electron chi connectivity index (χ1n) is 6.39. The lowest BCUT2D eigenvalue weighted by Gasteiger charge is -2.29. The summed E-state index contributed by atoms with van der Waals surface area (Å²) < 4.78 is 10.9. The first-order valence-corrected chi connectivity index (χ1v) is 6.77. The maximum atomic E-state index is 6.36. The van der Waals surface area contributed by atoms with Gasteiger partial charge in [-0.15, -0.1) is 0 Å². The van der Waals surface area contributed by atoms with Crippen molar-refractivity contribution in [3.05, 3.63) is 22.2 Å². The van der Waals surface area contributed by atoms with Crippen LogP contribution in [-0.2, 0) is 6.42 Å². The molecule has 0 heterocycles. The van der Waals surface area contributed by atoms with Crippen LogP contribution in [0, 0.1) is 0 Å². The predicted octanol–water partition coefficient (Wildman–Crippen LogP) is 3.34. The van der Waals surface area contributed by atoms with E-state index in [4.69, 9.17) is 21.1 Å². The molecule has 0 spiro atoms. The Balaban J connectivity index is 2.57. The minimum Gasteiger partial charge on any atom is -0.493 e. The summed E-state index contributed by atoms with van der Waals surface area (Å²) in [5.74, 6) is 1.54. The van der Waals surface area contributed by atoms with Gasteiger partial charge in [-0.3, -0.25) is 0 Å². The van der Waals surface area contributed by atoms with Crippen LogP contribution >= 0.6 is 11.6 Å². The van der Waals surface area contributed by atoms with Gasteiger partial charge in [0.25, 0.3) is 0 Å². The van der Waals surface area contributed by atoms with Gasteiger partial charge in [-0.2, -0.15) is 0 Å². The third-order valence-electron chi connectivity index (χ3n) is 3.48. The van der Waals surface area contributed by atoms with E-state index in [1.165, 1.54) is 11.1 Å². The second kappa shape index (κ2) is 5.81. The molecule has 100 valence electrons. The van der Waals surface area contributed by atoms with Gasteiger partial charge >= 0.3 is 0 Å². The molecule has 1 aliphatic rings. The molecule has 3 nitrogen and oxygen atoms in total. The Labute approximate surface area is 113 Å². The van der Waals surface area contributed by atoms with Crippen LogP contribution in [0.5, 0.6) is 11.5 Å². The zero-order valence-electron chi connectivity index (χ0n) is 11.2. The van der Waals surface area contributed by atoms with Crippen molar-refractivity contribution in [3.8, 4) is 11.5 Å². The molecule has 0 aliphatic heterocycles. The Morgan fingerprint density at radius 1 is 1.39 bits per heavy atom. The number of fused-ring (bicyclic) bond motifs is 1. The normalized spacial score (nSPS) is 18.3. The van der Waals surface area contributed by atoms with Crippen molar-refractivity contribution in [2.24, 2.45) is 0 Å². The highest BCUT2D eigenvalue weighted by Crippen LogP contribution is 2.45. The van der Waals surface area contributed by atoms with E-state index >= 15 is 0 Å². The number of hydrogen-bond donors (Lipinski definition) is 1. The van der Waals surface area contributed by atoms with E-state index in [9.17, 15) is 0 Å². The Kier molecular flexibility index (Phi) is 4.36. The monoisotopic (exact) mass is 269 g/mol. The van der Waals surface area contributed by atoms with E-state index in [0.29, 0.717) is 11.8 Å². The fourth-order valence-electron chi connectivity index (χ4n) is 2.73. The number of benzene rings is 1. The van der Waals surface area contributed by atoms with Gasteiger partial charge in [0.15, 0.2) is 11.5 Å². The molecule has 1 aromatic carbocycles. The van der Waals surface area contributed by atoms with Crippen molar-refractivity contribution in [1.29, 1.82) is 0 Å². The van der Waals surface area contributed by atoms with Crippen LogP contribution in [0.3, 0.4) is 0 Å². The van der Waals surface area contributed by atoms with Crippen LogP contribution in [-0.4, -0.2) is 20.8 Å². The molecule has 1 aliphatic carbocycles. The van der Waals surface area contributed by atoms with Crippen LogP contribution in [0.15, 0.2) is 6.07 Å². The number of hydrogen-bond acceptors (Lipinski definition) is 3. The molecule has 1 unspecified atom stereocenters. The van der Waals surface area contributed by atoms with Gasteiger partial charge in [-0.1, -0.05) is 18.5 Å². The molecule has 0 fully saturated rings. The SMILES string of the molecule is CCNC1CCCc2c(Cl)cc(OC)c(OC)c21. The molecule has 2 rings (SSSR count). The molecule has 0 aromatic heterocycles. The van der Waals surface area contributed by atoms with E-state index in [1.807, 2.05) is 6.07 Å². The van der Waals surface area contributed by atoms with Crippen LogP contribution in [0.1, 0.15) is 36.9 Å². The quantitative estimate of drug-likeness (QED) is 0.909. The Morgan fingerprint density at radius 3 is 2.78 bits per heavy atom. The lowest BCUT2D eigenvalue weighted by Crippen LogP contribution is -2.26. The zero-order chi connectivity index (χ0) is 13.1. The molecule has 0 saturated carbocycles. The summed E-state index contributed by atoms with van der Waals surface area (Å²) in [4.78, 5) is 0. The lowest BCUT2D eigenvalue weighted by molar-refractivity contribution is 0.340. The summed E-state index contributed by atoms with van der Waals surface area (Å²) in [5, 5.41) is 4.28. The van der Waals surface area contributed by atoms with E-state index in [2.05, 4.69) is 12.2 Å². The van der Waals surface area contributed by atoms with Crippen molar-refractivity contribution >= 4 is 11.6 Å². The summed E-state index contributed by atoms with van der Waals surface area (Å²) in [5.41, 5.74) is 2.38. The van der Waals surface area contributed by atoms with E-state index in [0.717, 1.165) is 36.6 Å². The molecule has 0 saturated heterocycles. The van der Waals surface area contributed by atoms with Gasteiger partial charge in [0, 0.05) is 22.7 Å². The molecular weight excluding hydrogens is 250 g/mol. The van der Waals surface area contributed by atoms with E-state index in [1.54, 1.807) is 14.2 Å². The van der Waals surface area contributed by atoms with E-state index in [-0.39, 0.29) is 0 Å². The van der Waals surface area contributed by atoms with Gasteiger partial charge in [-0.25, -0.2) is 0 Å². The second-order valence-corrected chi connectivity index (χ2v) is 4.90. The Morgan fingerprint density at radius 2 is 2.17 bits per heavy atom. The van der Waals surface area contributed by atoms with Crippen molar-refractivity contribution in [2.75, 3.05) is 20.8 Å². The third-order valence-corrected chi connectivity index (χ3v) is 3.82. The number of ether oxygens (including phenoxy) is 2. The second-order valence-electron chi connectivity index (χ2n) is 4.49. The average Bonchev–Trinajstić information content (AvgIpc) is 2.39. The van der Waals surface area contributed by atoms with Gasteiger partial charge in [0.1, 0.15) is 0 Å². The summed E-state index contributed by atoms with van der Waals surface area (Å²) in [7, 11) is 3.33. The number of halogens is 1. The van der Waals surface area contributed by atoms with Crippen LogP contribution in [0.2, 0.25) is 5.02 Å². The summed E-state index contributed by atoms with van der Waals surface area (Å²) in [6.45, 7) is 3.05. The Bertz CT molecular complexity index is 434. The maximum Gasteiger partial charge on any atom is 0.165 e. The topological polar surface area (TPSA) is 30.5 Å². The highest BCUT2D eigenvalue weighted by molar-refractivity contribution is 6.31. The van der Waals surface area contributed by atoms with Crippen LogP contribution < -0.4 is 14.8 Å². The molecule has 4 heteroatoms. The smallest absolute Gasteiger partial charge is 0.165 e. The molecule has 1 N–H and O–H groups in total. The zero-order valence-corrected chi connectivity index (χ0v) is 11.9. The van der Waals surface area contributed by atoms with Crippen LogP contribution in [0.25, 0.3) is 0 Å². The summed E-state index contributed by atoms with van der Waals surface area (Å²) in [6.07, 6.45) is 3.27. The first-order chi connectivity index (χ1) is 8.72. The number of rotatable bonds is 4. The maximum absolute atomic E-state index is 6.36. The molecule has 0 bridgehead atoms. The van der Waals surface area contributed by atoms with Crippen molar-refractivity contribution in [2.45, 2.75) is 32.2 Å².